The summed E-state index contributed by atoms with van der Waals surface area (Å²) in [6.45, 7) is 3.06. The van der Waals surface area contributed by atoms with E-state index in [0.717, 1.165) is 37.8 Å². The van der Waals surface area contributed by atoms with Crippen molar-refractivity contribution in [3.63, 3.8) is 0 Å². The largest absolute Gasteiger partial charge is 0.419 e. The molecule has 3 atom stereocenters. The van der Waals surface area contributed by atoms with Crippen molar-refractivity contribution in [1.29, 1.82) is 0 Å². The van der Waals surface area contributed by atoms with Crippen molar-refractivity contribution in [2.45, 2.75) is 37.9 Å². The van der Waals surface area contributed by atoms with Gasteiger partial charge < -0.3 is 15.2 Å². The number of nitrogen functional groups attached to an aromatic ring is 1. The van der Waals surface area contributed by atoms with Crippen LogP contribution in [0.4, 0.5) is 19.0 Å². The highest BCUT2D eigenvalue weighted by Gasteiger charge is 2.58. The highest BCUT2D eigenvalue weighted by atomic mass is 19.4. The zero-order chi connectivity index (χ0) is 19.8. The lowest BCUT2D eigenvalue weighted by Gasteiger charge is -2.19. The molecule has 148 valence electrons. The third kappa shape index (κ3) is 2.75. The van der Waals surface area contributed by atoms with E-state index in [-0.39, 0.29) is 11.9 Å². The Morgan fingerprint density at radius 3 is 2.50 bits per heavy atom. The Morgan fingerprint density at radius 1 is 1.25 bits per heavy atom. The Morgan fingerprint density at radius 2 is 1.93 bits per heavy atom. The molecular formula is C19H20F3N5O. The van der Waals surface area contributed by atoms with Gasteiger partial charge in [0.2, 0.25) is 5.91 Å². The van der Waals surface area contributed by atoms with Gasteiger partial charge in [0.1, 0.15) is 11.6 Å². The average molecular weight is 391 g/mol. The molecule has 28 heavy (non-hydrogen) atoms. The Bertz CT molecular complexity index is 953. The number of piperidine rings is 1. The maximum Gasteiger partial charge on any atom is 0.419 e. The maximum absolute atomic E-state index is 13.2. The minimum Gasteiger partial charge on any atom is -0.383 e. The van der Waals surface area contributed by atoms with Crippen molar-refractivity contribution in [1.82, 2.24) is 19.4 Å². The number of imidazole rings is 1. The van der Waals surface area contributed by atoms with Crippen LogP contribution in [0.5, 0.6) is 0 Å². The summed E-state index contributed by atoms with van der Waals surface area (Å²) in [6, 6.07) is 1.30. The standard InChI is InChI=1S/C19H20F3N5O/c1-9(28)26-6-12-13(7-26)16(12)27-8-15(25-18(27)10-2-3-10)11-4-14(19(20,21)22)17(23)24-5-11/h4-5,8,10,12-13,16H,2-3,6-7H2,1H3,(H2,23,24)/t12-,13+,16-. The van der Waals surface area contributed by atoms with Gasteiger partial charge in [-0.2, -0.15) is 13.2 Å². The molecule has 2 N–H and O–H groups in total. The molecule has 0 aromatic carbocycles. The molecule has 0 unspecified atom stereocenters. The Labute approximate surface area is 159 Å². The molecule has 3 fully saturated rings. The molecular weight excluding hydrogens is 371 g/mol. The molecule has 3 aliphatic rings. The number of anilines is 1. The fourth-order valence-electron chi connectivity index (χ4n) is 4.44. The molecule has 0 spiro atoms. The monoisotopic (exact) mass is 391 g/mol. The Hall–Kier alpha value is -2.58. The van der Waals surface area contributed by atoms with E-state index in [1.165, 1.54) is 6.20 Å². The van der Waals surface area contributed by atoms with Crippen LogP contribution in [-0.4, -0.2) is 38.4 Å². The maximum atomic E-state index is 13.2. The number of nitrogens with zero attached hydrogens (tertiary/aromatic N) is 4. The van der Waals surface area contributed by atoms with Crippen LogP contribution in [-0.2, 0) is 11.0 Å². The second-order valence-corrected chi connectivity index (χ2v) is 8.06. The van der Waals surface area contributed by atoms with Gasteiger partial charge in [0.15, 0.2) is 0 Å². The number of aromatic nitrogens is 3. The summed E-state index contributed by atoms with van der Waals surface area (Å²) in [5.41, 5.74) is 5.29. The number of halogens is 3. The fourth-order valence-corrected chi connectivity index (χ4v) is 4.44. The van der Waals surface area contributed by atoms with E-state index in [2.05, 4.69) is 14.5 Å². The van der Waals surface area contributed by atoms with E-state index in [0.29, 0.717) is 29.0 Å². The van der Waals surface area contributed by atoms with Crippen molar-refractivity contribution in [3.05, 3.63) is 29.8 Å². The number of alkyl halides is 3. The van der Waals surface area contributed by atoms with Gasteiger partial charge in [0, 0.05) is 61.8 Å². The van der Waals surface area contributed by atoms with Gasteiger partial charge in [-0.05, 0) is 18.9 Å². The van der Waals surface area contributed by atoms with Gasteiger partial charge in [-0.3, -0.25) is 4.79 Å². The van der Waals surface area contributed by atoms with Crippen molar-refractivity contribution in [2.24, 2.45) is 11.8 Å². The van der Waals surface area contributed by atoms with Crippen molar-refractivity contribution in [3.8, 4) is 11.3 Å². The molecule has 2 aliphatic carbocycles. The second kappa shape index (κ2) is 5.71. The van der Waals surface area contributed by atoms with E-state index in [4.69, 9.17) is 5.73 Å². The topological polar surface area (TPSA) is 77.0 Å². The molecule has 1 saturated heterocycles. The van der Waals surface area contributed by atoms with Crippen LogP contribution < -0.4 is 5.73 Å². The predicted octanol–water partition coefficient (Wildman–Crippen LogP) is 3.07. The van der Waals surface area contributed by atoms with Crippen LogP contribution in [0.3, 0.4) is 0 Å². The van der Waals surface area contributed by atoms with Gasteiger partial charge >= 0.3 is 6.18 Å². The van der Waals surface area contributed by atoms with Gasteiger partial charge in [-0.25, -0.2) is 9.97 Å². The number of rotatable bonds is 3. The molecule has 6 nitrogen and oxygen atoms in total. The summed E-state index contributed by atoms with van der Waals surface area (Å²) in [5, 5.41) is 0. The van der Waals surface area contributed by atoms with Gasteiger partial charge in [0.05, 0.1) is 11.3 Å². The summed E-state index contributed by atoms with van der Waals surface area (Å²) in [4.78, 5) is 21.8. The normalized spacial score (nSPS) is 26.4. The molecule has 2 aromatic rings. The summed E-state index contributed by atoms with van der Waals surface area (Å²) in [7, 11) is 0. The fraction of sp³-hybridized carbons (Fsp3) is 0.526. The highest BCUT2D eigenvalue weighted by Crippen LogP contribution is 2.57. The number of fused-ring (bicyclic) bond motifs is 1. The smallest absolute Gasteiger partial charge is 0.383 e. The molecule has 3 heterocycles. The Balaban J connectivity index is 1.47. The molecule has 2 aromatic heterocycles. The third-order valence-electron chi connectivity index (χ3n) is 6.14. The molecule has 1 amide bonds. The number of carbonyl (C=O) groups excluding carboxylic acids is 1. The minimum atomic E-state index is -4.56. The van der Waals surface area contributed by atoms with Crippen LogP contribution >= 0.6 is 0 Å². The highest BCUT2D eigenvalue weighted by molar-refractivity contribution is 5.74. The first-order valence-electron chi connectivity index (χ1n) is 9.41. The lowest BCUT2D eigenvalue weighted by molar-refractivity contribution is -0.137. The lowest BCUT2D eigenvalue weighted by Crippen LogP contribution is -2.29. The first-order valence-corrected chi connectivity index (χ1v) is 9.41. The average Bonchev–Trinajstić information content (AvgIpc) is 3.49. The predicted molar refractivity (Wildman–Crippen MR) is 95.1 cm³/mol. The van der Waals surface area contributed by atoms with Crippen LogP contribution in [0.25, 0.3) is 11.3 Å². The molecule has 9 heteroatoms. The second-order valence-electron chi connectivity index (χ2n) is 8.06. The summed E-state index contributed by atoms with van der Waals surface area (Å²) in [6.07, 6.45) is 0.734. The zero-order valence-electron chi connectivity index (χ0n) is 15.3. The number of hydrogen-bond acceptors (Lipinski definition) is 4. The third-order valence-corrected chi connectivity index (χ3v) is 6.14. The molecule has 0 radical (unpaired) electrons. The number of nitrogens with two attached hydrogens (primary N) is 1. The molecule has 0 bridgehead atoms. The van der Waals surface area contributed by atoms with Crippen LogP contribution in [0.15, 0.2) is 18.5 Å². The van der Waals surface area contributed by atoms with Crippen molar-refractivity contribution in [2.75, 3.05) is 18.8 Å². The van der Waals surface area contributed by atoms with Crippen LogP contribution in [0.2, 0.25) is 0 Å². The van der Waals surface area contributed by atoms with Crippen molar-refractivity contribution >= 4 is 11.7 Å². The first kappa shape index (κ1) is 17.5. The van der Waals surface area contributed by atoms with E-state index < -0.39 is 17.6 Å². The van der Waals surface area contributed by atoms with Gasteiger partial charge in [-0.1, -0.05) is 0 Å². The van der Waals surface area contributed by atoms with Crippen molar-refractivity contribution < 1.29 is 18.0 Å². The SMILES string of the molecule is CC(=O)N1C[C@@H]2[C@H](C1)[C@@H]2n1cc(-c2cnc(N)c(C(F)(F)F)c2)nc1C1CC1. The number of likely N-dealkylation sites (tertiary alicyclic amines) is 1. The lowest BCUT2D eigenvalue weighted by atomic mass is 10.1. The molecule has 1 aliphatic heterocycles. The number of pyridine rings is 1. The Kier molecular flexibility index (Phi) is 3.57. The van der Waals surface area contributed by atoms with Crippen LogP contribution in [0, 0.1) is 11.8 Å². The minimum absolute atomic E-state index is 0.0901. The molecule has 5 rings (SSSR count). The summed E-state index contributed by atoms with van der Waals surface area (Å²) >= 11 is 0. The van der Waals surface area contributed by atoms with Crippen LogP contribution in [0.1, 0.15) is 43.1 Å². The summed E-state index contributed by atoms with van der Waals surface area (Å²) in [5.74, 6) is 1.67. The summed E-state index contributed by atoms with van der Waals surface area (Å²) < 4.78 is 41.7. The van der Waals surface area contributed by atoms with E-state index in [1.807, 2.05) is 11.1 Å². The quantitative estimate of drug-likeness (QED) is 0.872. The number of carbonyl (C=O) groups is 1. The van der Waals surface area contributed by atoms with Gasteiger partial charge in [-0.15, -0.1) is 0 Å². The number of hydrogen-bond donors (Lipinski definition) is 1. The molecule has 2 saturated carbocycles. The van der Waals surface area contributed by atoms with Gasteiger partial charge in [0.25, 0.3) is 0 Å². The van der Waals surface area contributed by atoms with E-state index in [1.54, 1.807) is 6.92 Å². The van der Waals surface area contributed by atoms with E-state index >= 15 is 0 Å². The zero-order valence-corrected chi connectivity index (χ0v) is 15.3. The first-order chi connectivity index (χ1) is 13.2. The number of amides is 1. The van der Waals surface area contributed by atoms with E-state index in [9.17, 15) is 18.0 Å².